The molecular formula is C9H19NO4. The predicted octanol–water partition coefficient (Wildman–Crippen LogP) is -1.84. The largest absolute Gasteiger partial charge is 0.395 e. The number of aliphatic hydroxyl groups excluding tert-OH is 4. The molecule has 0 aliphatic carbocycles. The molecule has 5 nitrogen and oxygen atoms in total. The van der Waals surface area contributed by atoms with Crippen LogP contribution in [0.15, 0.2) is 0 Å². The zero-order valence-corrected chi connectivity index (χ0v) is 8.37. The quantitative estimate of drug-likeness (QED) is 0.435. The highest BCUT2D eigenvalue weighted by Gasteiger charge is 2.40. The number of β-amino-alcohol motifs (C(OH)–C–C–N with tert-alkyl or cyclic N) is 1. The minimum Gasteiger partial charge on any atom is -0.395 e. The van der Waals surface area contributed by atoms with Gasteiger partial charge >= 0.3 is 0 Å². The normalized spacial score (nSPS) is 40.1. The molecule has 84 valence electrons. The minimum absolute atomic E-state index is 0.203. The molecule has 4 N–H and O–H groups in total. The Labute approximate surface area is 83.6 Å². The maximum atomic E-state index is 9.59. The van der Waals surface area contributed by atoms with E-state index in [9.17, 15) is 15.3 Å². The zero-order chi connectivity index (χ0) is 10.7. The summed E-state index contributed by atoms with van der Waals surface area (Å²) >= 11 is 0. The third kappa shape index (κ3) is 2.24. The Bertz CT molecular complexity index is 178. The molecule has 5 heteroatoms. The lowest BCUT2D eigenvalue weighted by Crippen LogP contribution is -2.62. The van der Waals surface area contributed by atoms with Gasteiger partial charge in [0.05, 0.1) is 18.8 Å². The van der Waals surface area contributed by atoms with Crippen LogP contribution in [0.5, 0.6) is 0 Å². The van der Waals surface area contributed by atoms with E-state index >= 15 is 0 Å². The van der Waals surface area contributed by atoms with Crippen molar-refractivity contribution >= 4 is 0 Å². The van der Waals surface area contributed by atoms with Gasteiger partial charge in [-0.2, -0.15) is 0 Å². The molecule has 1 aliphatic heterocycles. The summed E-state index contributed by atoms with van der Waals surface area (Å²) < 4.78 is 0. The van der Waals surface area contributed by atoms with Crippen molar-refractivity contribution in [1.29, 1.82) is 0 Å². The fourth-order valence-electron chi connectivity index (χ4n) is 1.92. The molecule has 14 heavy (non-hydrogen) atoms. The molecule has 0 aromatic carbocycles. The summed E-state index contributed by atoms with van der Waals surface area (Å²) in [4.78, 5) is 1.81. The number of likely N-dealkylation sites (tertiary alicyclic amines) is 1. The van der Waals surface area contributed by atoms with Crippen molar-refractivity contribution in [2.45, 2.75) is 37.7 Å². The molecule has 3 unspecified atom stereocenters. The molecule has 0 spiro atoms. The van der Waals surface area contributed by atoms with Crippen LogP contribution < -0.4 is 0 Å². The Hall–Kier alpha value is -0.200. The first-order valence-electron chi connectivity index (χ1n) is 5.01. The van der Waals surface area contributed by atoms with E-state index in [0.717, 1.165) is 6.42 Å². The average molecular weight is 205 g/mol. The van der Waals surface area contributed by atoms with E-state index in [4.69, 9.17) is 5.11 Å². The molecule has 0 amide bonds. The van der Waals surface area contributed by atoms with Crippen LogP contribution in [0.1, 0.15) is 13.3 Å². The lowest BCUT2D eigenvalue weighted by Gasteiger charge is -2.43. The van der Waals surface area contributed by atoms with Gasteiger partial charge in [-0.05, 0) is 13.0 Å². The van der Waals surface area contributed by atoms with Crippen molar-refractivity contribution in [1.82, 2.24) is 4.90 Å². The van der Waals surface area contributed by atoms with Crippen molar-refractivity contribution in [2.75, 3.05) is 19.7 Å². The fraction of sp³-hybridized carbons (Fsp3) is 1.00. The standard InChI is InChI=1S/C9H19NO4/c1-2-3-10-4-7(12)9(14)8(13)6(10)5-11/h6-9,11-14H,2-5H2,1H3/t6?,7?,8-,9?/m0/s1. The van der Waals surface area contributed by atoms with E-state index in [2.05, 4.69) is 0 Å². The third-order valence-electron chi connectivity index (χ3n) is 2.73. The number of hydrogen-bond acceptors (Lipinski definition) is 5. The fourth-order valence-corrected chi connectivity index (χ4v) is 1.92. The highest BCUT2D eigenvalue weighted by molar-refractivity contribution is 4.93. The maximum Gasteiger partial charge on any atom is 0.109 e. The van der Waals surface area contributed by atoms with Gasteiger partial charge in [0.2, 0.25) is 0 Å². The number of aliphatic hydroxyl groups is 4. The van der Waals surface area contributed by atoms with Crippen molar-refractivity contribution in [3.63, 3.8) is 0 Å². The Morgan fingerprint density at radius 3 is 2.36 bits per heavy atom. The zero-order valence-electron chi connectivity index (χ0n) is 8.37. The molecule has 1 fully saturated rings. The van der Waals surface area contributed by atoms with Crippen LogP contribution in [-0.4, -0.2) is 69.4 Å². The monoisotopic (exact) mass is 205 g/mol. The second-order valence-electron chi connectivity index (χ2n) is 3.79. The molecule has 1 heterocycles. The first-order valence-corrected chi connectivity index (χ1v) is 5.01. The molecule has 4 atom stereocenters. The van der Waals surface area contributed by atoms with Crippen LogP contribution >= 0.6 is 0 Å². The Balaban J connectivity index is 2.66. The van der Waals surface area contributed by atoms with Crippen LogP contribution in [0.2, 0.25) is 0 Å². The highest BCUT2D eigenvalue weighted by Crippen LogP contribution is 2.18. The second kappa shape index (κ2) is 5.04. The molecule has 1 rings (SSSR count). The van der Waals surface area contributed by atoms with E-state index in [-0.39, 0.29) is 6.61 Å². The van der Waals surface area contributed by atoms with E-state index in [0.29, 0.717) is 13.1 Å². The highest BCUT2D eigenvalue weighted by atomic mass is 16.4. The Kier molecular flexibility index (Phi) is 4.28. The van der Waals surface area contributed by atoms with E-state index in [1.807, 2.05) is 11.8 Å². The molecule has 0 bridgehead atoms. The smallest absolute Gasteiger partial charge is 0.109 e. The molecule has 1 saturated heterocycles. The van der Waals surface area contributed by atoms with Gasteiger partial charge in [0.1, 0.15) is 12.2 Å². The average Bonchev–Trinajstić information content (AvgIpc) is 2.16. The lowest BCUT2D eigenvalue weighted by molar-refractivity contribution is -0.144. The molecule has 0 saturated carbocycles. The van der Waals surface area contributed by atoms with Crippen LogP contribution in [0.3, 0.4) is 0 Å². The minimum atomic E-state index is -1.15. The van der Waals surface area contributed by atoms with Crippen LogP contribution in [0, 0.1) is 0 Å². The topological polar surface area (TPSA) is 84.2 Å². The van der Waals surface area contributed by atoms with Crippen LogP contribution in [0.4, 0.5) is 0 Å². The SMILES string of the molecule is CCCN1CC(O)C(O)[C@@H](O)C1CO. The summed E-state index contributed by atoms with van der Waals surface area (Å²) in [5.74, 6) is 0. The molecule has 0 radical (unpaired) electrons. The molecule has 0 aromatic rings. The van der Waals surface area contributed by atoms with Crippen LogP contribution in [0.25, 0.3) is 0 Å². The van der Waals surface area contributed by atoms with Gasteiger partial charge in [-0.25, -0.2) is 0 Å². The maximum absolute atomic E-state index is 9.59. The molecule has 0 aromatic heterocycles. The lowest BCUT2D eigenvalue weighted by atomic mass is 9.94. The second-order valence-corrected chi connectivity index (χ2v) is 3.79. The number of rotatable bonds is 3. The van der Waals surface area contributed by atoms with Crippen molar-refractivity contribution in [3.8, 4) is 0 Å². The van der Waals surface area contributed by atoms with Gasteiger partial charge in [0.25, 0.3) is 0 Å². The first-order chi connectivity index (χ1) is 6.61. The van der Waals surface area contributed by atoms with Gasteiger partial charge in [-0.3, -0.25) is 4.90 Å². The van der Waals surface area contributed by atoms with E-state index < -0.39 is 24.4 Å². The van der Waals surface area contributed by atoms with Crippen molar-refractivity contribution < 1.29 is 20.4 Å². The Morgan fingerprint density at radius 1 is 1.21 bits per heavy atom. The summed E-state index contributed by atoms with van der Waals surface area (Å²) in [5.41, 5.74) is 0. The Morgan fingerprint density at radius 2 is 1.86 bits per heavy atom. The molecule has 1 aliphatic rings. The number of nitrogens with zero attached hydrogens (tertiary/aromatic N) is 1. The van der Waals surface area contributed by atoms with Gasteiger partial charge in [0, 0.05) is 6.54 Å². The number of hydrogen-bond donors (Lipinski definition) is 4. The number of piperidine rings is 1. The van der Waals surface area contributed by atoms with Gasteiger partial charge in [-0.15, -0.1) is 0 Å². The van der Waals surface area contributed by atoms with Crippen molar-refractivity contribution in [3.05, 3.63) is 0 Å². The summed E-state index contributed by atoms with van der Waals surface area (Å²) in [6.45, 7) is 2.78. The van der Waals surface area contributed by atoms with Crippen molar-refractivity contribution in [2.24, 2.45) is 0 Å². The summed E-state index contributed by atoms with van der Waals surface area (Å²) in [6.07, 6.45) is -2.28. The summed E-state index contributed by atoms with van der Waals surface area (Å²) in [7, 11) is 0. The predicted molar refractivity (Wildman–Crippen MR) is 50.8 cm³/mol. The summed E-state index contributed by atoms with van der Waals surface area (Å²) in [6, 6.07) is -0.464. The van der Waals surface area contributed by atoms with Gasteiger partial charge in [-0.1, -0.05) is 6.92 Å². The summed E-state index contributed by atoms with van der Waals surface area (Å²) in [5, 5.41) is 37.5. The van der Waals surface area contributed by atoms with Gasteiger partial charge < -0.3 is 20.4 Å². The molecular weight excluding hydrogens is 186 g/mol. The van der Waals surface area contributed by atoms with Crippen LogP contribution in [-0.2, 0) is 0 Å². The third-order valence-corrected chi connectivity index (χ3v) is 2.73. The van der Waals surface area contributed by atoms with E-state index in [1.165, 1.54) is 0 Å². The van der Waals surface area contributed by atoms with Gasteiger partial charge in [0.15, 0.2) is 0 Å². The first kappa shape index (κ1) is 11.9. The van der Waals surface area contributed by atoms with E-state index in [1.54, 1.807) is 0 Å².